The Hall–Kier alpha value is -2.49. The summed E-state index contributed by atoms with van der Waals surface area (Å²) in [6, 6.07) is 18.3. The first kappa shape index (κ1) is 18.3. The molecule has 2 aromatic rings. The van der Waals surface area contributed by atoms with Crippen LogP contribution in [-0.2, 0) is 4.79 Å². The third-order valence-electron chi connectivity index (χ3n) is 4.91. The topological polar surface area (TPSA) is 32.8 Å². The number of rotatable bonds is 5. The Bertz CT molecular complexity index is 722. The molecule has 0 radical (unpaired) electrons. The van der Waals surface area contributed by atoms with Crippen LogP contribution < -0.4 is 9.64 Å². The first-order valence-corrected chi connectivity index (χ1v) is 9.40. The number of nitrogens with zero attached hydrogens (tertiary/aromatic N) is 2. The molecule has 3 rings (SSSR count). The third-order valence-corrected chi connectivity index (χ3v) is 4.91. The number of piperazine rings is 1. The van der Waals surface area contributed by atoms with E-state index in [1.54, 1.807) is 0 Å². The van der Waals surface area contributed by atoms with Gasteiger partial charge in [-0.2, -0.15) is 0 Å². The van der Waals surface area contributed by atoms with Crippen LogP contribution >= 0.6 is 0 Å². The molecule has 1 aliphatic heterocycles. The molecule has 0 saturated carbocycles. The van der Waals surface area contributed by atoms with Crippen LogP contribution in [0.2, 0.25) is 0 Å². The average Bonchev–Trinajstić information content (AvgIpc) is 2.68. The van der Waals surface area contributed by atoms with Gasteiger partial charge in [0.1, 0.15) is 5.75 Å². The quantitative estimate of drug-likeness (QED) is 0.817. The van der Waals surface area contributed by atoms with E-state index >= 15 is 0 Å². The van der Waals surface area contributed by atoms with E-state index in [1.165, 1.54) is 5.69 Å². The summed E-state index contributed by atoms with van der Waals surface area (Å²) in [6.07, 6.45) is -0.474. The van der Waals surface area contributed by atoms with E-state index in [-0.39, 0.29) is 5.91 Å². The maximum atomic E-state index is 12.8. The summed E-state index contributed by atoms with van der Waals surface area (Å²) in [5.41, 5.74) is 2.36. The van der Waals surface area contributed by atoms with Crippen LogP contribution in [-0.4, -0.2) is 43.1 Å². The lowest BCUT2D eigenvalue weighted by Crippen LogP contribution is -2.52. The largest absolute Gasteiger partial charge is 0.481 e. The first-order chi connectivity index (χ1) is 12.6. The normalized spacial score (nSPS) is 15.8. The maximum absolute atomic E-state index is 12.8. The number of carbonyl (C=O) groups excluding carboxylic acids is 1. The molecule has 0 bridgehead atoms. The molecule has 1 heterocycles. The number of hydrogen-bond acceptors (Lipinski definition) is 3. The zero-order valence-corrected chi connectivity index (χ0v) is 15.9. The van der Waals surface area contributed by atoms with Crippen LogP contribution in [0.25, 0.3) is 0 Å². The number of amides is 1. The van der Waals surface area contributed by atoms with Gasteiger partial charge in [0, 0.05) is 31.9 Å². The molecule has 1 atom stereocenters. The summed E-state index contributed by atoms with van der Waals surface area (Å²) in [4.78, 5) is 17.1. The van der Waals surface area contributed by atoms with Crippen molar-refractivity contribution in [2.24, 2.45) is 0 Å². The average molecular weight is 352 g/mol. The second kappa shape index (κ2) is 8.26. The molecule has 1 amide bonds. The number of hydrogen-bond donors (Lipinski definition) is 0. The number of carbonyl (C=O) groups is 1. The number of anilines is 1. The van der Waals surface area contributed by atoms with Gasteiger partial charge < -0.3 is 14.5 Å². The van der Waals surface area contributed by atoms with Crippen LogP contribution in [0.5, 0.6) is 5.75 Å². The number of ether oxygens (including phenoxy) is 1. The van der Waals surface area contributed by atoms with Gasteiger partial charge in [-0.3, -0.25) is 4.79 Å². The minimum atomic E-state index is -0.474. The van der Waals surface area contributed by atoms with Crippen molar-refractivity contribution in [3.8, 4) is 5.75 Å². The van der Waals surface area contributed by atoms with E-state index in [9.17, 15) is 4.79 Å². The Kier molecular flexibility index (Phi) is 5.82. The monoisotopic (exact) mass is 352 g/mol. The first-order valence-electron chi connectivity index (χ1n) is 9.40. The fourth-order valence-corrected chi connectivity index (χ4v) is 3.39. The molecule has 1 fully saturated rings. The van der Waals surface area contributed by atoms with Crippen LogP contribution in [0.15, 0.2) is 54.6 Å². The van der Waals surface area contributed by atoms with Crippen molar-refractivity contribution in [1.29, 1.82) is 0 Å². The molecular weight excluding hydrogens is 324 g/mol. The number of benzene rings is 2. The minimum Gasteiger partial charge on any atom is -0.481 e. The molecule has 4 heteroatoms. The summed E-state index contributed by atoms with van der Waals surface area (Å²) in [5, 5.41) is 0. The zero-order valence-electron chi connectivity index (χ0n) is 15.9. The molecule has 0 spiro atoms. The van der Waals surface area contributed by atoms with E-state index in [0.717, 1.165) is 37.5 Å². The van der Waals surface area contributed by atoms with Crippen molar-refractivity contribution in [1.82, 2.24) is 4.90 Å². The Morgan fingerprint density at radius 1 is 0.885 bits per heavy atom. The standard InChI is InChI=1S/C22H28N2O2/c1-17(2)20-11-7-8-12-21(20)26-18(3)22(25)24-15-13-23(14-16-24)19-9-5-4-6-10-19/h4-12,17-18H,13-16H2,1-3H3. The van der Waals surface area contributed by atoms with Crippen LogP contribution in [0.3, 0.4) is 0 Å². The molecule has 1 aliphatic rings. The lowest BCUT2D eigenvalue weighted by atomic mass is 10.0. The third kappa shape index (κ3) is 4.18. The van der Waals surface area contributed by atoms with Crippen molar-refractivity contribution in [2.45, 2.75) is 32.8 Å². The Morgan fingerprint density at radius 2 is 1.50 bits per heavy atom. The predicted molar refractivity (Wildman–Crippen MR) is 106 cm³/mol. The lowest BCUT2D eigenvalue weighted by Gasteiger charge is -2.37. The second-order valence-electron chi connectivity index (χ2n) is 7.10. The van der Waals surface area contributed by atoms with Gasteiger partial charge in [0.25, 0.3) is 5.91 Å². The fraction of sp³-hybridized carbons (Fsp3) is 0.409. The van der Waals surface area contributed by atoms with E-state index in [2.05, 4.69) is 49.1 Å². The van der Waals surface area contributed by atoms with Crippen molar-refractivity contribution >= 4 is 11.6 Å². The zero-order chi connectivity index (χ0) is 18.5. The van der Waals surface area contributed by atoms with Gasteiger partial charge in [0.2, 0.25) is 0 Å². The molecule has 0 N–H and O–H groups in total. The van der Waals surface area contributed by atoms with E-state index in [1.807, 2.05) is 36.1 Å². The van der Waals surface area contributed by atoms with Crippen molar-refractivity contribution < 1.29 is 9.53 Å². The highest BCUT2D eigenvalue weighted by Crippen LogP contribution is 2.27. The van der Waals surface area contributed by atoms with Crippen molar-refractivity contribution in [3.63, 3.8) is 0 Å². The SMILES string of the molecule is CC(Oc1ccccc1C(C)C)C(=O)N1CCN(c2ccccc2)CC1. The number of para-hydroxylation sites is 2. The maximum Gasteiger partial charge on any atom is 0.263 e. The highest BCUT2D eigenvalue weighted by molar-refractivity contribution is 5.81. The van der Waals surface area contributed by atoms with Gasteiger partial charge in [-0.05, 0) is 36.6 Å². The molecule has 0 aliphatic carbocycles. The van der Waals surface area contributed by atoms with Gasteiger partial charge in [-0.15, -0.1) is 0 Å². The highest BCUT2D eigenvalue weighted by Gasteiger charge is 2.26. The molecule has 138 valence electrons. The highest BCUT2D eigenvalue weighted by atomic mass is 16.5. The Balaban J connectivity index is 1.58. The lowest BCUT2D eigenvalue weighted by molar-refractivity contribution is -0.138. The van der Waals surface area contributed by atoms with Gasteiger partial charge in [-0.25, -0.2) is 0 Å². The predicted octanol–water partition coefficient (Wildman–Crippen LogP) is 3.93. The molecule has 0 aromatic heterocycles. The van der Waals surface area contributed by atoms with Gasteiger partial charge in [0.15, 0.2) is 6.10 Å². The van der Waals surface area contributed by atoms with E-state index in [4.69, 9.17) is 4.74 Å². The summed E-state index contributed by atoms with van der Waals surface area (Å²) < 4.78 is 6.03. The summed E-state index contributed by atoms with van der Waals surface area (Å²) in [5.74, 6) is 1.24. The van der Waals surface area contributed by atoms with Gasteiger partial charge in [-0.1, -0.05) is 50.2 Å². The van der Waals surface area contributed by atoms with E-state index in [0.29, 0.717) is 5.92 Å². The molecular formula is C22H28N2O2. The minimum absolute atomic E-state index is 0.0660. The van der Waals surface area contributed by atoms with Crippen molar-refractivity contribution in [2.75, 3.05) is 31.1 Å². The molecule has 4 nitrogen and oxygen atoms in total. The Labute approximate surface area is 156 Å². The summed E-state index contributed by atoms with van der Waals surface area (Å²) in [6.45, 7) is 9.29. The van der Waals surface area contributed by atoms with Crippen LogP contribution in [0.1, 0.15) is 32.3 Å². The van der Waals surface area contributed by atoms with Crippen LogP contribution in [0, 0.1) is 0 Å². The smallest absolute Gasteiger partial charge is 0.263 e. The van der Waals surface area contributed by atoms with Crippen molar-refractivity contribution in [3.05, 3.63) is 60.2 Å². The summed E-state index contributed by atoms with van der Waals surface area (Å²) in [7, 11) is 0. The molecule has 2 aromatic carbocycles. The van der Waals surface area contributed by atoms with E-state index < -0.39 is 6.10 Å². The molecule has 1 unspecified atom stereocenters. The summed E-state index contributed by atoms with van der Waals surface area (Å²) >= 11 is 0. The van der Waals surface area contributed by atoms with Crippen LogP contribution in [0.4, 0.5) is 5.69 Å². The molecule has 1 saturated heterocycles. The Morgan fingerprint density at radius 3 is 2.15 bits per heavy atom. The van der Waals surface area contributed by atoms with Gasteiger partial charge in [0.05, 0.1) is 0 Å². The second-order valence-corrected chi connectivity index (χ2v) is 7.10. The molecule has 26 heavy (non-hydrogen) atoms. The van der Waals surface area contributed by atoms with Gasteiger partial charge >= 0.3 is 0 Å². The fourth-order valence-electron chi connectivity index (χ4n) is 3.39.